The number of hydrogen-bond acceptors (Lipinski definition) is 7. The predicted molar refractivity (Wildman–Crippen MR) is 114 cm³/mol. The van der Waals surface area contributed by atoms with Gasteiger partial charge in [0.15, 0.2) is 0 Å². The first-order chi connectivity index (χ1) is 15.3. The van der Waals surface area contributed by atoms with E-state index in [1.807, 2.05) is 9.80 Å². The summed E-state index contributed by atoms with van der Waals surface area (Å²) in [7, 11) is 0. The molecule has 2 aromatic heterocycles. The van der Waals surface area contributed by atoms with Crippen LogP contribution in [0.5, 0.6) is 0 Å². The second-order valence-electron chi connectivity index (χ2n) is 7.85. The number of pyridine rings is 1. The van der Waals surface area contributed by atoms with E-state index in [0.717, 1.165) is 44.6 Å². The van der Waals surface area contributed by atoms with Crippen molar-refractivity contribution < 1.29 is 22.7 Å². The van der Waals surface area contributed by atoms with Crippen molar-refractivity contribution in [3.63, 3.8) is 0 Å². The van der Waals surface area contributed by atoms with Crippen LogP contribution in [0.1, 0.15) is 31.7 Å². The maximum absolute atomic E-state index is 13.9. The van der Waals surface area contributed by atoms with E-state index in [2.05, 4.69) is 20.3 Å². The van der Waals surface area contributed by atoms with Crippen molar-refractivity contribution in [2.75, 3.05) is 54.5 Å². The number of nitrogens with zero attached hydrogens (tertiary/aromatic N) is 5. The molecule has 0 atom stereocenters. The van der Waals surface area contributed by atoms with Crippen LogP contribution in [0.3, 0.4) is 0 Å². The summed E-state index contributed by atoms with van der Waals surface area (Å²) >= 11 is 0. The number of ether oxygens (including phenoxy) is 1. The Morgan fingerprint density at radius 1 is 1.03 bits per heavy atom. The second-order valence-corrected chi connectivity index (χ2v) is 7.85. The van der Waals surface area contributed by atoms with Crippen molar-refractivity contribution in [3.8, 4) is 11.3 Å². The number of halogens is 3. The molecule has 2 aliphatic heterocycles. The van der Waals surface area contributed by atoms with Gasteiger partial charge in [-0.3, -0.25) is 4.79 Å². The highest BCUT2D eigenvalue weighted by atomic mass is 19.4. The molecule has 0 unspecified atom stereocenters. The van der Waals surface area contributed by atoms with Gasteiger partial charge in [-0.25, -0.2) is 9.97 Å². The normalized spacial score (nSPS) is 17.4. The monoisotopic (exact) mass is 450 g/mol. The Labute approximate surface area is 183 Å². The van der Waals surface area contributed by atoms with Crippen LogP contribution in [-0.4, -0.2) is 60.3 Å². The third kappa shape index (κ3) is 5.09. The quantitative estimate of drug-likeness (QED) is 0.765. The summed E-state index contributed by atoms with van der Waals surface area (Å²) in [5.41, 5.74) is -0.912. The van der Waals surface area contributed by atoms with Gasteiger partial charge in [0.25, 0.3) is 0 Å². The number of carbonyl (C=O) groups excluding carboxylic acids is 1. The Balaban J connectivity index is 1.81. The van der Waals surface area contributed by atoms with E-state index >= 15 is 0 Å². The highest BCUT2D eigenvalue weighted by Gasteiger charge is 2.35. The van der Waals surface area contributed by atoms with E-state index in [0.29, 0.717) is 38.1 Å². The molecule has 2 fully saturated rings. The average Bonchev–Trinajstić information content (AvgIpc) is 2.79. The largest absolute Gasteiger partial charge is 0.417 e. The van der Waals surface area contributed by atoms with Crippen LogP contribution >= 0.6 is 0 Å². The molecular weight excluding hydrogens is 425 g/mol. The molecule has 0 spiro atoms. The molecule has 0 saturated carbocycles. The molecule has 4 rings (SSSR count). The van der Waals surface area contributed by atoms with Crippen molar-refractivity contribution in [2.24, 2.45) is 0 Å². The van der Waals surface area contributed by atoms with Crippen LogP contribution in [0.2, 0.25) is 0 Å². The van der Waals surface area contributed by atoms with E-state index in [-0.39, 0.29) is 17.1 Å². The predicted octanol–water partition coefficient (Wildman–Crippen LogP) is 3.34. The third-order valence-electron chi connectivity index (χ3n) is 5.46. The lowest BCUT2D eigenvalue weighted by molar-refractivity contribution is -0.137. The fourth-order valence-corrected chi connectivity index (χ4v) is 3.89. The fourth-order valence-electron chi connectivity index (χ4n) is 3.89. The molecule has 0 bridgehead atoms. The highest BCUT2D eigenvalue weighted by molar-refractivity contribution is 5.88. The lowest BCUT2D eigenvalue weighted by Gasteiger charge is -2.31. The maximum Gasteiger partial charge on any atom is 0.417 e. The second kappa shape index (κ2) is 9.27. The van der Waals surface area contributed by atoms with Crippen LogP contribution in [-0.2, 0) is 15.7 Å². The SMILES string of the molecule is CC(=O)Nc1cc(C(F)(F)F)c(-c2cc(N3CCOCC3)nc(N3CCCCC3)n2)cn1. The van der Waals surface area contributed by atoms with Gasteiger partial charge < -0.3 is 19.9 Å². The third-order valence-corrected chi connectivity index (χ3v) is 5.46. The Morgan fingerprint density at radius 2 is 1.75 bits per heavy atom. The first-order valence-corrected chi connectivity index (χ1v) is 10.6. The Kier molecular flexibility index (Phi) is 6.45. The van der Waals surface area contributed by atoms with Crippen LogP contribution in [0, 0.1) is 0 Å². The Morgan fingerprint density at radius 3 is 2.41 bits per heavy atom. The van der Waals surface area contributed by atoms with E-state index in [4.69, 9.17) is 4.74 Å². The van der Waals surface area contributed by atoms with Gasteiger partial charge in [0.2, 0.25) is 11.9 Å². The van der Waals surface area contributed by atoms with Crippen LogP contribution < -0.4 is 15.1 Å². The van der Waals surface area contributed by atoms with Crippen molar-refractivity contribution >= 4 is 23.5 Å². The molecule has 172 valence electrons. The number of morpholine rings is 1. The lowest BCUT2D eigenvalue weighted by Crippen LogP contribution is -2.37. The number of carbonyl (C=O) groups is 1. The molecule has 11 heteroatoms. The van der Waals surface area contributed by atoms with Crippen molar-refractivity contribution in [3.05, 3.63) is 23.9 Å². The van der Waals surface area contributed by atoms with Crippen LogP contribution in [0.4, 0.5) is 30.8 Å². The van der Waals surface area contributed by atoms with E-state index in [1.54, 1.807) is 6.07 Å². The topological polar surface area (TPSA) is 83.5 Å². The molecule has 8 nitrogen and oxygen atoms in total. The summed E-state index contributed by atoms with van der Waals surface area (Å²) in [6.07, 6.45) is -0.456. The molecule has 0 aliphatic carbocycles. The molecule has 2 saturated heterocycles. The molecule has 1 N–H and O–H groups in total. The van der Waals surface area contributed by atoms with Gasteiger partial charge in [-0.2, -0.15) is 18.2 Å². The smallest absolute Gasteiger partial charge is 0.378 e. The summed E-state index contributed by atoms with van der Waals surface area (Å²) < 4.78 is 47.2. The number of amides is 1. The van der Waals surface area contributed by atoms with Gasteiger partial charge in [0.1, 0.15) is 11.6 Å². The van der Waals surface area contributed by atoms with Gasteiger partial charge in [-0.1, -0.05) is 0 Å². The van der Waals surface area contributed by atoms with Crippen molar-refractivity contribution in [1.29, 1.82) is 0 Å². The van der Waals surface area contributed by atoms with E-state index in [9.17, 15) is 18.0 Å². The minimum atomic E-state index is -4.65. The molecule has 0 aromatic carbocycles. The summed E-state index contributed by atoms with van der Waals surface area (Å²) in [6, 6.07) is 2.41. The molecule has 32 heavy (non-hydrogen) atoms. The van der Waals surface area contributed by atoms with Gasteiger partial charge in [-0.15, -0.1) is 0 Å². The first kappa shape index (κ1) is 22.3. The van der Waals surface area contributed by atoms with Crippen molar-refractivity contribution in [2.45, 2.75) is 32.4 Å². The number of anilines is 3. The minimum Gasteiger partial charge on any atom is -0.378 e. The number of nitrogens with one attached hydrogen (secondary N) is 1. The van der Waals surface area contributed by atoms with Crippen molar-refractivity contribution in [1.82, 2.24) is 15.0 Å². The average molecular weight is 450 g/mol. The van der Waals surface area contributed by atoms with Gasteiger partial charge in [-0.05, 0) is 25.3 Å². The summed E-state index contributed by atoms with van der Waals surface area (Å²) in [5, 5.41) is 2.31. The molecule has 4 heterocycles. The summed E-state index contributed by atoms with van der Waals surface area (Å²) in [5.74, 6) is 0.329. The number of rotatable bonds is 4. The number of piperidine rings is 1. The lowest BCUT2D eigenvalue weighted by atomic mass is 10.1. The summed E-state index contributed by atoms with van der Waals surface area (Å²) in [4.78, 5) is 28.5. The molecule has 2 aliphatic rings. The first-order valence-electron chi connectivity index (χ1n) is 10.6. The Bertz CT molecular complexity index is 936. The molecule has 0 radical (unpaired) electrons. The fraction of sp³-hybridized carbons (Fsp3) is 0.524. The standard InChI is InChI=1S/C21H25F3N6O2/c1-14(31)26-18-11-16(21(22,23)24)15(13-25-18)17-12-19(29-7-9-32-10-8-29)28-20(27-17)30-5-3-2-4-6-30/h11-13H,2-10H2,1H3,(H,25,26,31). The number of aromatic nitrogens is 3. The number of hydrogen-bond donors (Lipinski definition) is 1. The van der Waals surface area contributed by atoms with Gasteiger partial charge in [0, 0.05) is 50.9 Å². The zero-order valence-corrected chi connectivity index (χ0v) is 17.8. The minimum absolute atomic E-state index is 0.149. The van der Waals surface area contributed by atoms with Crippen LogP contribution in [0.25, 0.3) is 11.3 Å². The molecule has 1 amide bonds. The maximum atomic E-state index is 13.9. The van der Waals surface area contributed by atoms with Gasteiger partial charge in [0.05, 0.1) is 24.5 Å². The highest BCUT2D eigenvalue weighted by Crippen LogP contribution is 2.38. The summed E-state index contributed by atoms with van der Waals surface area (Å²) in [6.45, 7) is 4.99. The molecular formula is C21H25F3N6O2. The van der Waals surface area contributed by atoms with Crippen LogP contribution in [0.15, 0.2) is 18.3 Å². The molecule has 2 aromatic rings. The van der Waals surface area contributed by atoms with E-state index < -0.39 is 17.6 Å². The zero-order chi connectivity index (χ0) is 22.7. The van der Waals surface area contributed by atoms with E-state index in [1.165, 1.54) is 6.92 Å². The Hall–Kier alpha value is -2.95. The number of alkyl halides is 3. The zero-order valence-electron chi connectivity index (χ0n) is 17.8. The van der Waals surface area contributed by atoms with Gasteiger partial charge >= 0.3 is 6.18 Å².